The molecule has 1 aliphatic carbocycles. The lowest BCUT2D eigenvalue weighted by Gasteiger charge is -2.40. The molecule has 1 fully saturated rings. The van der Waals surface area contributed by atoms with E-state index in [-0.39, 0.29) is 11.7 Å². The van der Waals surface area contributed by atoms with Gasteiger partial charge in [-0.3, -0.25) is 0 Å². The lowest BCUT2D eigenvalue weighted by molar-refractivity contribution is -0.155. The average Bonchev–Trinajstić information content (AvgIpc) is 2.56. The summed E-state index contributed by atoms with van der Waals surface area (Å²) in [5.74, 6) is 0.587. The number of allylic oxidation sites excluding steroid dienone is 2. The van der Waals surface area contributed by atoms with Gasteiger partial charge in [0.1, 0.15) is 0 Å². The molecule has 2 aliphatic rings. The van der Waals surface area contributed by atoms with E-state index in [0.29, 0.717) is 5.92 Å². The van der Waals surface area contributed by atoms with E-state index in [4.69, 9.17) is 9.47 Å². The highest BCUT2D eigenvalue weighted by molar-refractivity contribution is 5.12. The Morgan fingerprint density at radius 2 is 2.29 bits per heavy atom. The van der Waals surface area contributed by atoms with E-state index in [1.54, 1.807) is 7.11 Å². The van der Waals surface area contributed by atoms with Crippen LogP contribution in [0.1, 0.15) is 33.1 Å². The van der Waals surface area contributed by atoms with Crippen LogP contribution in [0, 0.1) is 11.3 Å². The molecule has 0 aromatic carbocycles. The summed E-state index contributed by atoms with van der Waals surface area (Å²) >= 11 is 0. The van der Waals surface area contributed by atoms with Crippen LogP contribution in [0.15, 0.2) is 11.6 Å². The van der Waals surface area contributed by atoms with Crippen molar-refractivity contribution in [2.24, 2.45) is 11.3 Å². The Morgan fingerprint density at radius 3 is 2.93 bits per heavy atom. The molecular weight excluding hydrogens is 176 g/mol. The van der Waals surface area contributed by atoms with Gasteiger partial charge in [0.05, 0.1) is 6.61 Å². The van der Waals surface area contributed by atoms with E-state index >= 15 is 0 Å². The highest BCUT2D eigenvalue weighted by atomic mass is 16.7. The predicted octanol–water partition coefficient (Wildman–Crippen LogP) is 2.74. The van der Waals surface area contributed by atoms with E-state index < -0.39 is 0 Å². The van der Waals surface area contributed by atoms with Gasteiger partial charge in [0.25, 0.3) is 0 Å². The molecule has 0 aromatic heterocycles. The third kappa shape index (κ3) is 1.41. The van der Waals surface area contributed by atoms with Crippen molar-refractivity contribution < 1.29 is 9.47 Å². The topological polar surface area (TPSA) is 18.5 Å². The van der Waals surface area contributed by atoms with E-state index in [1.807, 2.05) is 0 Å². The number of hydrogen-bond acceptors (Lipinski definition) is 2. The number of ether oxygens (including phenoxy) is 2. The summed E-state index contributed by atoms with van der Waals surface area (Å²) < 4.78 is 11.1. The number of hydrogen-bond donors (Lipinski definition) is 0. The van der Waals surface area contributed by atoms with Crippen LogP contribution in [0.5, 0.6) is 0 Å². The largest absolute Gasteiger partial charge is 0.355 e. The van der Waals surface area contributed by atoms with Gasteiger partial charge in [-0.2, -0.15) is 0 Å². The standard InChI is InChI=1S/C12H20O2/c1-9-4-5-12(10(2)8-9)6-7-14-11(12)13-3/h8,10-11H,4-7H2,1-3H3. The smallest absolute Gasteiger partial charge is 0.163 e. The normalized spacial score (nSPS) is 42.9. The van der Waals surface area contributed by atoms with Crippen LogP contribution in [-0.2, 0) is 9.47 Å². The second-order valence-electron chi connectivity index (χ2n) is 4.72. The number of rotatable bonds is 1. The Labute approximate surface area is 86.3 Å². The summed E-state index contributed by atoms with van der Waals surface area (Å²) in [6.07, 6.45) is 5.98. The molecule has 2 heteroatoms. The van der Waals surface area contributed by atoms with Gasteiger partial charge in [-0.1, -0.05) is 18.6 Å². The zero-order valence-corrected chi connectivity index (χ0v) is 9.38. The lowest BCUT2D eigenvalue weighted by atomic mass is 9.67. The zero-order chi connectivity index (χ0) is 10.2. The molecule has 0 aromatic rings. The van der Waals surface area contributed by atoms with Gasteiger partial charge >= 0.3 is 0 Å². The van der Waals surface area contributed by atoms with E-state index in [1.165, 1.54) is 18.4 Å². The monoisotopic (exact) mass is 196 g/mol. The fraction of sp³-hybridized carbons (Fsp3) is 0.833. The molecule has 2 rings (SSSR count). The predicted molar refractivity (Wildman–Crippen MR) is 56.0 cm³/mol. The minimum atomic E-state index is 0.0156. The molecule has 0 saturated carbocycles. The maximum atomic E-state index is 5.65. The summed E-state index contributed by atoms with van der Waals surface area (Å²) in [6.45, 7) is 5.38. The Bertz CT molecular complexity index is 247. The molecule has 0 amide bonds. The zero-order valence-electron chi connectivity index (χ0n) is 9.38. The molecule has 1 spiro atoms. The fourth-order valence-electron chi connectivity index (χ4n) is 2.96. The summed E-state index contributed by atoms with van der Waals surface area (Å²) in [5, 5.41) is 0. The van der Waals surface area contributed by atoms with Crippen LogP contribution < -0.4 is 0 Å². The van der Waals surface area contributed by atoms with E-state index in [2.05, 4.69) is 19.9 Å². The second kappa shape index (κ2) is 3.67. The third-order valence-electron chi connectivity index (χ3n) is 3.95. The first kappa shape index (κ1) is 10.2. The summed E-state index contributed by atoms with van der Waals surface area (Å²) in [6, 6.07) is 0. The highest BCUT2D eigenvalue weighted by Crippen LogP contribution is 2.49. The molecule has 1 heterocycles. The van der Waals surface area contributed by atoms with Gasteiger partial charge in [0.15, 0.2) is 6.29 Å². The summed E-state index contributed by atoms with van der Waals surface area (Å²) in [5.41, 5.74) is 1.78. The molecule has 80 valence electrons. The van der Waals surface area contributed by atoms with Gasteiger partial charge in [-0.05, 0) is 32.1 Å². The fourth-order valence-corrected chi connectivity index (χ4v) is 2.96. The van der Waals surface area contributed by atoms with Gasteiger partial charge < -0.3 is 9.47 Å². The van der Waals surface area contributed by atoms with Gasteiger partial charge in [-0.25, -0.2) is 0 Å². The van der Waals surface area contributed by atoms with Crippen molar-refractivity contribution in [3.8, 4) is 0 Å². The molecular formula is C12H20O2. The molecule has 2 nitrogen and oxygen atoms in total. The van der Waals surface area contributed by atoms with Crippen LogP contribution in [0.3, 0.4) is 0 Å². The maximum absolute atomic E-state index is 5.65. The summed E-state index contributed by atoms with van der Waals surface area (Å²) in [4.78, 5) is 0. The van der Waals surface area contributed by atoms with E-state index in [9.17, 15) is 0 Å². The molecule has 1 saturated heterocycles. The average molecular weight is 196 g/mol. The molecule has 0 radical (unpaired) electrons. The van der Waals surface area contributed by atoms with Crippen molar-refractivity contribution in [3.63, 3.8) is 0 Å². The first-order valence-electron chi connectivity index (χ1n) is 5.51. The van der Waals surface area contributed by atoms with Crippen molar-refractivity contribution in [2.45, 2.75) is 39.4 Å². The Hall–Kier alpha value is -0.340. The highest BCUT2D eigenvalue weighted by Gasteiger charge is 2.48. The Balaban J connectivity index is 2.23. The minimum absolute atomic E-state index is 0.0156. The second-order valence-corrected chi connectivity index (χ2v) is 4.72. The minimum Gasteiger partial charge on any atom is -0.355 e. The number of methoxy groups -OCH3 is 1. The first-order chi connectivity index (χ1) is 6.69. The maximum Gasteiger partial charge on any atom is 0.163 e. The van der Waals surface area contributed by atoms with Gasteiger partial charge in [0.2, 0.25) is 0 Å². The van der Waals surface area contributed by atoms with E-state index in [0.717, 1.165) is 13.0 Å². The van der Waals surface area contributed by atoms with Gasteiger partial charge in [0, 0.05) is 12.5 Å². The third-order valence-corrected chi connectivity index (χ3v) is 3.95. The van der Waals surface area contributed by atoms with Gasteiger partial charge in [-0.15, -0.1) is 0 Å². The van der Waals surface area contributed by atoms with Crippen LogP contribution >= 0.6 is 0 Å². The summed E-state index contributed by atoms with van der Waals surface area (Å²) in [7, 11) is 1.76. The molecule has 0 bridgehead atoms. The van der Waals surface area contributed by atoms with Crippen LogP contribution in [0.4, 0.5) is 0 Å². The molecule has 0 N–H and O–H groups in total. The Morgan fingerprint density at radius 1 is 1.50 bits per heavy atom. The molecule has 3 unspecified atom stereocenters. The van der Waals surface area contributed by atoms with Crippen LogP contribution in [0.2, 0.25) is 0 Å². The van der Waals surface area contributed by atoms with Crippen molar-refractivity contribution >= 4 is 0 Å². The molecule has 14 heavy (non-hydrogen) atoms. The SMILES string of the molecule is COC1OCCC12CCC(C)=CC2C. The quantitative estimate of drug-likeness (QED) is 0.600. The van der Waals surface area contributed by atoms with Crippen molar-refractivity contribution in [2.75, 3.05) is 13.7 Å². The molecule has 1 aliphatic heterocycles. The van der Waals surface area contributed by atoms with Crippen molar-refractivity contribution in [1.29, 1.82) is 0 Å². The first-order valence-corrected chi connectivity index (χ1v) is 5.51. The van der Waals surface area contributed by atoms with Crippen LogP contribution in [-0.4, -0.2) is 20.0 Å². The van der Waals surface area contributed by atoms with Crippen LogP contribution in [0.25, 0.3) is 0 Å². The molecule has 3 atom stereocenters. The Kier molecular flexibility index (Phi) is 2.67. The van der Waals surface area contributed by atoms with Crippen molar-refractivity contribution in [3.05, 3.63) is 11.6 Å². The lowest BCUT2D eigenvalue weighted by Crippen LogP contribution is -2.39. The van der Waals surface area contributed by atoms with Crippen molar-refractivity contribution in [1.82, 2.24) is 0 Å².